The Morgan fingerprint density at radius 1 is 1.48 bits per heavy atom. The van der Waals surface area contributed by atoms with Gasteiger partial charge < -0.3 is 14.6 Å². The first-order valence-corrected chi connectivity index (χ1v) is 6.20. The van der Waals surface area contributed by atoms with Gasteiger partial charge in [-0.05, 0) is 17.7 Å². The second-order valence-electron chi connectivity index (χ2n) is 4.31. The predicted molar refractivity (Wildman–Crippen MR) is 70.2 cm³/mol. The maximum atomic E-state index is 13.9. The quantitative estimate of drug-likeness (QED) is 0.853. The lowest BCUT2D eigenvalue weighted by Crippen LogP contribution is -2.30. The minimum absolute atomic E-state index is 0.0695. The number of hydrogen-bond donors (Lipinski definition) is 1. The lowest BCUT2D eigenvalue weighted by Gasteiger charge is -2.11. The van der Waals surface area contributed by atoms with Gasteiger partial charge >= 0.3 is 6.09 Å². The molecule has 1 unspecified atom stereocenters. The van der Waals surface area contributed by atoms with Crippen molar-refractivity contribution in [3.8, 4) is 5.75 Å². The molecule has 1 fully saturated rings. The van der Waals surface area contributed by atoms with Gasteiger partial charge in [-0.1, -0.05) is 12.1 Å². The first-order chi connectivity index (χ1) is 10.0. The van der Waals surface area contributed by atoms with Gasteiger partial charge in [0.05, 0.1) is 13.7 Å². The predicted octanol–water partition coefficient (Wildman–Crippen LogP) is 1.56. The summed E-state index contributed by atoms with van der Waals surface area (Å²) in [7, 11) is 1.49. The molecule has 1 aliphatic rings. The Kier molecular flexibility index (Phi) is 4.54. The Bertz CT molecular complexity index is 569. The molecule has 0 aromatic heterocycles. The van der Waals surface area contributed by atoms with Gasteiger partial charge in [0.15, 0.2) is 0 Å². The van der Waals surface area contributed by atoms with Gasteiger partial charge in [-0.25, -0.2) is 14.1 Å². The summed E-state index contributed by atoms with van der Waals surface area (Å²) in [5.41, 5.74) is 0.265. The van der Waals surface area contributed by atoms with Crippen LogP contribution in [0.25, 0.3) is 0 Å². The highest BCUT2D eigenvalue weighted by Crippen LogP contribution is 2.24. The number of rotatable bonds is 4. The normalized spacial score (nSPS) is 16.6. The molecular weight excluding hydrogens is 281 g/mol. The third kappa shape index (κ3) is 3.38. The first kappa shape index (κ1) is 15.0. The Labute approximate surface area is 120 Å². The van der Waals surface area contributed by atoms with Crippen LogP contribution in [0.1, 0.15) is 11.7 Å². The Morgan fingerprint density at radius 2 is 2.14 bits per heavy atom. The van der Waals surface area contributed by atoms with Crippen molar-refractivity contribution in [3.05, 3.63) is 41.7 Å². The topological polar surface area (TPSA) is 76.1 Å². The standard InChI is InChI=1S/C14H14FNO5/c1-20-10-4-2-9(3-5-10)13(18)11(15)8-12(17)16-6-7-21-14(16)19/h2-5,8,13,18H,6-7H2,1H3/b11-8-. The zero-order valence-corrected chi connectivity index (χ0v) is 11.3. The third-order valence-electron chi connectivity index (χ3n) is 2.98. The summed E-state index contributed by atoms with van der Waals surface area (Å²) in [4.78, 5) is 23.6. The minimum atomic E-state index is -1.58. The monoisotopic (exact) mass is 295 g/mol. The average Bonchev–Trinajstić information content (AvgIpc) is 2.92. The number of hydrogen-bond acceptors (Lipinski definition) is 5. The maximum absolute atomic E-state index is 13.9. The number of aliphatic hydroxyl groups excluding tert-OH is 1. The van der Waals surface area contributed by atoms with Crippen LogP contribution in [0.3, 0.4) is 0 Å². The number of carbonyl (C=O) groups excluding carboxylic acids is 2. The average molecular weight is 295 g/mol. The summed E-state index contributed by atoms with van der Waals surface area (Å²) in [6, 6.07) is 6.08. The largest absolute Gasteiger partial charge is 0.497 e. The Balaban J connectivity index is 2.09. The Hall–Kier alpha value is -2.41. The fraction of sp³-hybridized carbons (Fsp3) is 0.286. The highest BCUT2D eigenvalue weighted by Gasteiger charge is 2.28. The summed E-state index contributed by atoms with van der Waals surface area (Å²) < 4.78 is 23.4. The van der Waals surface area contributed by atoms with Crippen molar-refractivity contribution >= 4 is 12.0 Å². The number of halogens is 1. The van der Waals surface area contributed by atoms with Crippen molar-refractivity contribution in [2.45, 2.75) is 6.10 Å². The molecule has 1 aliphatic heterocycles. The van der Waals surface area contributed by atoms with E-state index in [9.17, 15) is 19.1 Å². The van der Waals surface area contributed by atoms with Gasteiger partial charge in [0.2, 0.25) is 0 Å². The molecule has 7 heteroatoms. The smallest absolute Gasteiger partial charge is 0.416 e. The number of methoxy groups -OCH3 is 1. The molecule has 21 heavy (non-hydrogen) atoms. The van der Waals surface area contributed by atoms with Crippen LogP contribution >= 0.6 is 0 Å². The van der Waals surface area contributed by atoms with E-state index < -0.39 is 23.9 Å². The lowest BCUT2D eigenvalue weighted by atomic mass is 10.1. The molecule has 0 saturated carbocycles. The summed E-state index contributed by atoms with van der Waals surface area (Å²) in [6.45, 7) is 0.154. The van der Waals surface area contributed by atoms with E-state index in [2.05, 4.69) is 4.74 Å². The highest BCUT2D eigenvalue weighted by molar-refractivity contribution is 5.99. The molecule has 1 saturated heterocycles. The van der Waals surface area contributed by atoms with Crippen LogP contribution < -0.4 is 4.74 Å². The number of nitrogens with zero attached hydrogens (tertiary/aromatic N) is 1. The van der Waals surface area contributed by atoms with Crippen LogP contribution in [0, 0.1) is 0 Å². The van der Waals surface area contributed by atoms with Crippen LogP contribution in [0.2, 0.25) is 0 Å². The van der Waals surface area contributed by atoms with Crippen molar-refractivity contribution in [2.75, 3.05) is 20.3 Å². The SMILES string of the molecule is COc1ccc(C(O)/C(F)=C/C(=O)N2CCOC2=O)cc1. The molecule has 0 bridgehead atoms. The molecule has 0 radical (unpaired) electrons. The molecule has 2 rings (SSSR count). The third-order valence-corrected chi connectivity index (χ3v) is 2.98. The molecule has 1 aromatic carbocycles. The van der Waals surface area contributed by atoms with Crippen LogP contribution in [-0.4, -0.2) is 42.3 Å². The molecule has 2 amide bonds. The minimum Gasteiger partial charge on any atom is -0.497 e. The molecule has 6 nitrogen and oxygen atoms in total. The number of imide groups is 1. The molecule has 0 aliphatic carbocycles. The van der Waals surface area contributed by atoms with E-state index in [0.29, 0.717) is 11.8 Å². The second-order valence-corrected chi connectivity index (χ2v) is 4.31. The number of cyclic esters (lactones) is 1. The molecule has 112 valence electrons. The summed E-state index contributed by atoms with van der Waals surface area (Å²) >= 11 is 0. The van der Waals surface area contributed by atoms with Gasteiger partial charge in [0.25, 0.3) is 5.91 Å². The zero-order valence-electron chi connectivity index (χ0n) is 11.3. The highest BCUT2D eigenvalue weighted by atomic mass is 19.1. The van der Waals surface area contributed by atoms with Gasteiger partial charge in [-0.2, -0.15) is 0 Å². The maximum Gasteiger partial charge on any atom is 0.416 e. The van der Waals surface area contributed by atoms with Crippen LogP contribution in [0.4, 0.5) is 9.18 Å². The number of aliphatic hydroxyl groups is 1. The van der Waals surface area contributed by atoms with Crippen molar-refractivity contribution in [3.63, 3.8) is 0 Å². The fourth-order valence-electron chi connectivity index (χ4n) is 1.81. The summed E-state index contributed by atoms with van der Waals surface area (Å²) in [5.74, 6) is -1.35. The van der Waals surface area contributed by atoms with E-state index >= 15 is 0 Å². The van der Waals surface area contributed by atoms with E-state index in [4.69, 9.17) is 4.74 Å². The van der Waals surface area contributed by atoms with Crippen molar-refractivity contribution in [2.24, 2.45) is 0 Å². The summed E-state index contributed by atoms with van der Waals surface area (Å²) in [5, 5.41) is 9.84. The molecule has 1 heterocycles. The van der Waals surface area contributed by atoms with Crippen molar-refractivity contribution in [1.82, 2.24) is 4.90 Å². The van der Waals surface area contributed by atoms with Gasteiger partial charge in [-0.15, -0.1) is 0 Å². The van der Waals surface area contributed by atoms with Crippen LogP contribution in [0.15, 0.2) is 36.2 Å². The van der Waals surface area contributed by atoms with E-state index in [1.54, 1.807) is 12.1 Å². The molecular formula is C14H14FNO5. The van der Waals surface area contributed by atoms with E-state index in [-0.39, 0.29) is 18.7 Å². The van der Waals surface area contributed by atoms with E-state index in [0.717, 1.165) is 4.90 Å². The Morgan fingerprint density at radius 3 is 2.67 bits per heavy atom. The first-order valence-electron chi connectivity index (χ1n) is 6.20. The van der Waals surface area contributed by atoms with Gasteiger partial charge in [0.1, 0.15) is 24.3 Å². The van der Waals surface area contributed by atoms with E-state index in [1.807, 2.05) is 0 Å². The fourth-order valence-corrected chi connectivity index (χ4v) is 1.81. The van der Waals surface area contributed by atoms with Crippen LogP contribution in [-0.2, 0) is 9.53 Å². The zero-order chi connectivity index (χ0) is 15.4. The second kappa shape index (κ2) is 6.36. The number of benzene rings is 1. The van der Waals surface area contributed by atoms with Gasteiger partial charge in [-0.3, -0.25) is 4.79 Å². The molecule has 1 aromatic rings. The summed E-state index contributed by atoms with van der Waals surface area (Å²) in [6.07, 6.45) is -1.82. The number of carbonyl (C=O) groups is 2. The van der Waals surface area contributed by atoms with Crippen molar-refractivity contribution < 1.29 is 28.6 Å². The molecule has 0 spiro atoms. The number of ether oxygens (including phenoxy) is 2. The molecule has 1 N–H and O–H groups in total. The van der Waals surface area contributed by atoms with Crippen LogP contribution in [0.5, 0.6) is 5.75 Å². The molecule has 1 atom stereocenters. The number of amides is 2. The van der Waals surface area contributed by atoms with Crippen molar-refractivity contribution in [1.29, 1.82) is 0 Å². The van der Waals surface area contributed by atoms with Gasteiger partial charge in [0, 0.05) is 6.08 Å². The lowest BCUT2D eigenvalue weighted by molar-refractivity contribution is -0.122. The van der Waals surface area contributed by atoms with E-state index in [1.165, 1.54) is 19.2 Å².